The molecule has 1 aliphatic carbocycles. The normalized spacial score (nSPS) is 20.8. The number of nitrogens with zero attached hydrogens (tertiary/aromatic N) is 2. The SMILES string of the molecule is Cc1ccc(-c2nc(COC(=O)CCN3C(=O)C4CC=CCC4C3=O)cs2)cc1. The van der Waals surface area contributed by atoms with Crippen LogP contribution in [0.3, 0.4) is 0 Å². The molecule has 150 valence electrons. The lowest BCUT2D eigenvalue weighted by Crippen LogP contribution is -2.33. The molecule has 1 aromatic heterocycles. The quantitative estimate of drug-likeness (QED) is 0.414. The minimum atomic E-state index is -0.441. The van der Waals surface area contributed by atoms with Crippen molar-refractivity contribution in [2.45, 2.75) is 32.8 Å². The Morgan fingerprint density at radius 1 is 1.14 bits per heavy atom. The van der Waals surface area contributed by atoms with Crippen molar-refractivity contribution in [1.82, 2.24) is 9.88 Å². The number of hydrogen-bond acceptors (Lipinski definition) is 6. The van der Waals surface area contributed by atoms with E-state index in [-0.39, 0.29) is 43.2 Å². The van der Waals surface area contributed by atoms with Crippen LogP contribution >= 0.6 is 11.3 Å². The summed E-state index contributed by atoms with van der Waals surface area (Å²) in [5, 5.41) is 2.74. The van der Waals surface area contributed by atoms with E-state index < -0.39 is 5.97 Å². The lowest BCUT2D eigenvalue weighted by Gasteiger charge is -2.14. The number of likely N-dealkylation sites (tertiary alicyclic amines) is 1. The van der Waals surface area contributed by atoms with Crippen LogP contribution in [0.25, 0.3) is 10.6 Å². The number of hydrogen-bond donors (Lipinski definition) is 0. The number of aromatic nitrogens is 1. The van der Waals surface area contributed by atoms with Crippen LogP contribution in [0.4, 0.5) is 0 Å². The summed E-state index contributed by atoms with van der Waals surface area (Å²) in [5.74, 6) is -1.31. The number of imide groups is 1. The minimum Gasteiger partial charge on any atom is -0.459 e. The molecule has 1 aliphatic heterocycles. The number of benzene rings is 1. The van der Waals surface area contributed by atoms with E-state index in [0.29, 0.717) is 18.5 Å². The maximum atomic E-state index is 12.4. The monoisotopic (exact) mass is 410 g/mol. The highest BCUT2D eigenvalue weighted by Gasteiger charge is 2.46. The van der Waals surface area contributed by atoms with Gasteiger partial charge >= 0.3 is 5.97 Å². The van der Waals surface area contributed by atoms with Gasteiger partial charge in [-0.25, -0.2) is 4.98 Å². The van der Waals surface area contributed by atoms with Crippen LogP contribution in [-0.2, 0) is 25.7 Å². The largest absolute Gasteiger partial charge is 0.459 e. The molecule has 6 nitrogen and oxygen atoms in total. The second-order valence-electron chi connectivity index (χ2n) is 7.40. The first-order valence-corrected chi connectivity index (χ1v) is 10.6. The molecule has 0 radical (unpaired) electrons. The van der Waals surface area contributed by atoms with Crippen molar-refractivity contribution >= 4 is 29.1 Å². The molecule has 1 fully saturated rings. The molecule has 0 bridgehead atoms. The number of carbonyl (C=O) groups excluding carboxylic acids is 3. The van der Waals surface area contributed by atoms with Gasteiger partial charge < -0.3 is 4.74 Å². The fourth-order valence-electron chi connectivity index (χ4n) is 3.72. The molecule has 2 unspecified atom stereocenters. The molecule has 0 spiro atoms. The Labute approximate surface area is 173 Å². The van der Waals surface area contributed by atoms with Crippen molar-refractivity contribution in [3.05, 3.63) is 53.1 Å². The Hall–Kier alpha value is -2.80. The number of fused-ring (bicyclic) bond motifs is 1. The van der Waals surface area contributed by atoms with Crippen LogP contribution in [-0.4, -0.2) is 34.2 Å². The summed E-state index contributed by atoms with van der Waals surface area (Å²) in [7, 11) is 0. The van der Waals surface area contributed by atoms with Crippen LogP contribution in [0.15, 0.2) is 41.8 Å². The fraction of sp³-hybridized carbons (Fsp3) is 0.364. The highest BCUT2D eigenvalue weighted by Crippen LogP contribution is 2.35. The van der Waals surface area contributed by atoms with Gasteiger partial charge in [0.1, 0.15) is 11.6 Å². The average molecular weight is 410 g/mol. The Morgan fingerprint density at radius 3 is 2.45 bits per heavy atom. The van der Waals surface area contributed by atoms with Crippen LogP contribution in [0.1, 0.15) is 30.5 Å². The molecule has 1 saturated heterocycles. The zero-order valence-electron chi connectivity index (χ0n) is 16.2. The van der Waals surface area contributed by atoms with Crippen molar-refractivity contribution in [3.8, 4) is 10.6 Å². The number of thiazole rings is 1. The highest BCUT2D eigenvalue weighted by atomic mass is 32.1. The van der Waals surface area contributed by atoms with E-state index in [1.54, 1.807) is 0 Å². The molecule has 1 aromatic carbocycles. The number of amides is 2. The molecule has 2 aromatic rings. The maximum Gasteiger partial charge on any atom is 0.307 e. The van der Waals surface area contributed by atoms with Gasteiger partial charge in [-0.1, -0.05) is 42.0 Å². The number of carbonyl (C=O) groups is 3. The van der Waals surface area contributed by atoms with Gasteiger partial charge in [-0.15, -0.1) is 11.3 Å². The molecule has 7 heteroatoms. The second kappa shape index (κ2) is 8.29. The van der Waals surface area contributed by atoms with E-state index in [9.17, 15) is 14.4 Å². The lowest BCUT2D eigenvalue weighted by atomic mass is 9.85. The molecule has 0 N–H and O–H groups in total. The van der Waals surface area contributed by atoms with Gasteiger partial charge in [-0.05, 0) is 19.8 Å². The van der Waals surface area contributed by atoms with Gasteiger partial charge in [0.15, 0.2) is 0 Å². The van der Waals surface area contributed by atoms with Gasteiger partial charge in [0, 0.05) is 17.5 Å². The van der Waals surface area contributed by atoms with E-state index in [1.165, 1.54) is 21.8 Å². The molecule has 2 amide bonds. The molecule has 0 saturated carbocycles. The summed E-state index contributed by atoms with van der Waals surface area (Å²) in [6, 6.07) is 8.09. The molecule has 2 atom stereocenters. The van der Waals surface area contributed by atoms with E-state index in [0.717, 1.165) is 10.6 Å². The van der Waals surface area contributed by atoms with Crippen molar-refractivity contribution in [2.24, 2.45) is 11.8 Å². The summed E-state index contributed by atoms with van der Waals surface area (Å²) in [6.07, 6.45) is 5.09. The molecular formula is C22H22N2O4S. The number of aryl methyl sites for hydroxylation is 1. The predicted octanol–water partition coefficient (Wildman–Crippen LogP) is 3.50. The third-order valence-electron chi connectivity index (χ3n) is 5.37. The van der Waals surface area contributed by atoms with E-state index >= 15 is 0 Å². The molecule has 4 rings (SSSR count). The zero-order valence-corrected chi connectivity index (χ0v) is 17.0. The van der Waals surface area contributed by atoms with E-state index in [2.05, 4.69) is 4.98 Å². The Kier molecular flexibility index (Phi) is 5.58. The van der Waals surface area contributed by atoms with Crippen LogP contribution < -0.4 is 0 Å². The van der Waals surface area contributed by atoms with E-state index in [4.69, 9.17) is 4.74 Å². The van der Waals surface area contributed by atoms with Gasteiger partial charge in [0.25, 0.3) is 0 Å². The average Bonchev–Trinajstić information content (AvgIpc) is 3.30. The minimum absolute atomic E-state index is 0.000690. The van der Waals surface area contributed by atoms with Gasteiger partial charge in [-0.3, -0.25) is 19.3 Å². The highest BCUT2D eigenvalue weighted by molar-refractivity contribution is 7.13. The molecule has 2 heterocycles. The van der Waals surface area contributed by atoms with Crippen LogP contribution in [0.2, 0.25) is 0 Å². The first-order valence-electron chi connectivity index (χ1n) is 9.70. The Balaban J connectivity index is 1.27. The van der Waals surface area contributed by atoms with Crippen LogP contribution in [0.5, 0.6) is 0 Å². The summed E-state index contributed by atoms with van der Waals surface area (Å²) >= 11 is 1.50. The fourth-order valence-corrected chi connectivity index (χ4v) is 4.53. The number of allylic oxidation sites excluding steroid dienone is 2. The topological polar surface area (TPSA) is 76.6 Å². The van der Waals surface area contributed by atoms with Crippen molar-refractivity contribution < 1.29 is 19.1 Å². The van der Waals surface area contributed by atoms with Crippen molar-refractivity contribution in [1.29, 1.82) is 0 Å². The van der Waals surface area contributed by atoms with Crippen molar-refractivity contribution in [3.63, 3.8) is 0 Å². The number of esters is 1. The van der Waals surface area contributed by atoms with Crippen molar-refractivity contribution in [2.75, 3.05) is 6.54 Å². The maximum absolute atomic E-state index is 12.4. The Morgan fingerprint density at radius 2 is 1.79 bits per heavy atom. The van der Waals surface area contributed by atoms with Gasteiger partial charge in [0.2, 0.25) is 11.8 Å². The lowest BCUT2D eigenvalue weighted by molar-refractivity contribution is -0.146. The number of ether oxygens (including phenoxy) is 1. The molecule has 29 heavy (non-hydrogen) atoms. The summed E-state index contributed by atoms with van der Waals surface area (Å²) in [6.45, 7) is 2.19. The van der Waals surface area contributed by atoms with E-state index in [1.807, 2.05) is 48.7 Å². The predicted molar refractivity (Wildman–Crippen MR) is 109 cm³/mol. The summed E-state index contributed by atoms with van der Waals surface area (Å²) in [4.78, 5) is 42.7. The molecule has 2 aliphatic rings. The Bertz CT molecular complexity index is 937. The van der Waals surface area contributed by atoms with Gasteiger partial charge in [-0.2, -0.15) is 0 Å². The summed E-state index contributed by atoms with van der Waals surface area (Å²) in [5.41, 5.74) is 2.90. The van der Waals surface area contributed by atoms with Crippen LogP contribution in [0, 0.1) is 18.8 Å². The third kappa shape index (κ3) is 4.15. The smallest absolute Gasteiger partial charge is 0.307 e. The third-order valence-corrected chi connectivity index (χ3v) is 6.31. The second-order valence-corrected chi connectivity index (χ2v) is 8.26. The first kappa shape index (κ1) is 19.5. The first-order chi connectivity index (χ1) is 14.0. The van der Waals surface area contributed by atoms with Gasteiger partial charge in [0.05, 0.1) is 24.0 Å². The summed E-state index contributed by atoms with van der Waals surface area (Å²) < 4.78 is 5.29. The standard InChI is InChI=1S/C22H22N2O4S/c1-14-6-8-15(9-7-14)20-23-16(13-29-20)12-28-19(25)10-11-24-21(26)17-4-2-3-5-18(17)22(24)27/h2-3,6-9,13,17-18H,4-5,10-12H2,1H3. The zero-order chi connectivity index (χ0) is 20.4. The number of rotatable bonds is 6. The molecular weight excluding hydrogens is 388 g/mol.